The van der Waals surface area contributed by atoms with E-state index in [4.69, 9.17) is 0 Å². The number of thioether (sulfide) groups is 1. The fourth-order valence-corrected chi connectivity index (χ4v) is 4.31. The van der Waals surface area contributed by atoms with Crippen LogP contribution in [0.2, 0.25) is 0 Å². The molecule has 1 aromatic rings. The monoisotopic (exact) mass is 342 g/mol. The summed E-state index contributed by atoms with van der Waals surface area (Å²) in [6.45, 7) is 2.43. The number of carbonyl (C=O) groups is 1. The third-order valence-corrected chi connectivity index (χ3v) is 6.52. The molecule has 1 atom stereocenters. The molecule has 0 radical (unpaired) electrons. The summed E-state index contributed by atoms with van der Waals surface area (Å²) in [5.74, 6) is -0.307. The van der Waals surface area contributed by atoms with E-state index in [0.717, 1.165) is 23.4 Å². The van der Waals surface area contributed by atoms with Crippen LogP contribution in [-0.2, 0) is 14.8 Å². The molecule has 1 heterocycles. The summed E-state index contributed by atoms with van der Waals surface area (Å²) in [5.41, 5.74) is 0.787. The molecule has 22 heavy (non-hydrogen) atoms. The highest BCUT2D eigenvalue weighted by Gasteiger charge is 2.31. The number of nitrogens with one attached hydrogen (secondary N) is 1. The van der Waals surface area contributed by atoms with Crippen molar-refractivity contribution in [1.29, 1.82) is 0 Å². The molecule has 1 unspecified atom stereocenters. The van der Waals surface area contributed by atoms with E-state index in [-0.39, 0.29) is 24.1 Å². The van der Waals surface area contributed by atoms with E-state index >= 15 is 0 Å². The minimum atomic E-state index is -3.22. The normalized spacial score (nSPS) is 19.8. The summed E-state index contributed by atoms with van der Waals surface area (Å²) in [7, 11) is -3.22. The van der Waals surface area contributed by atoms with Gasteiger partial charge in [-0.05, 0) is 38.2 Å². The molecule has 1 aromatic carbocycles. The SMILES string of the molecule is CCS(=O)(=O)N1CCCC(C(=O)Nc2ccccc2SC)C1. The molecule has 1 aliphatic rings. The molecule has 0 spiro atoms. The van der Waals surface area contributed by atoms with Gasteiger partial charge in [0, 0.05) is 18.0 Å². The van der Waals surface area contributed by atoms with Gasteiger partial charge >= 0.3 is 0 Å². The Morgan fingerprint density at radius 2 is 2.14 bits per heavy atom. The van der Waals surface area contributed by atoms with Crippen LogP contribution in [0.5, 0.6) is 0 Å². The number of anilines is 1. The molecule has 5 nitrogen and oxygen atoms in total. The molecule has 1 aliphatic heterocycles. The maximum absolute atomic E-state index is 12.5. The highest BCUT2D eigenvalue weighted by molar-refractivity contribution is 7.98. The van der Waals surface area contributed by atoms with Crippen molar-refractivity contribution in [2.45, 2.75) is 24.7 Å². The van der Waals surface area contributed by atoms with Gasteiger partial charge in [0.2, 0.25) is 15.9 Å². The van der Waals surface area contributed by atoms with Crippen molar-refractivity contribution in [2.75, 3.05) is 30.4 Å². The standard InChI is InChI=1S/C15H22N2O3S2/c1-3-22(19,20)17-10-6-7-12(11-17)15(18)16-13-8-4-5-9-14(13)21-2/h4-5,8-9,12H,3,6-7,10-11H2,1-2H3,(H,16,18). The Bertz CT molecular complexity index is 631. The zero-order chi connectivity index (χ0) is 16.2. The summed E-state index contributed by atoms with van der Waals surface area (Å²) in [5, 5.41) is 2.94. The van der Waals surface area contributed by atoms with Gasteiger partial charge < -0.3 is 5.32 Å². The van der Waals surface area contributed by atoms with E-state index in [1.165, 1.54) is 4.31 Å². The lowest BCUT2D eigenvalue weighted by atomic mass is 9.99. The number of amides is 1. The lowest BCUT2D eigenvalue weighted by Crippen LogP contribution is -2.44. The van der Waals surface area contributed by atoms with Crippen LogP contribution in [0.3, 0.4) is 0 Å². The van der Waals surface area contributed by atoms with E-state index in [0.29, 0.717) is 6.54 Å². The molecule has 0 aliphatic carbocycles. The second-order valence-electron chi connectivity index (χ2n) is 5.29. The van der Waals surface area contributed by atoms with Gasteiger partial charge in [0.05, 0.1) is 17.4 Å². The van der Waals surface area contributed by atoms with E-state index in [1.807, 2.05) is 30.5 Å². The van der Waals surface area contributed by atoms with Gasteiger partial charge in [0.15, 0.2) is 0 Å². The molecule has 0 saturated carbocycles. The third kappa shape index (κ3) is 4.02. The first kappa shape index (κ1) is 17.3. The van der Waals surface area contributed by atoms with Crippen LogP contribution in [0.1, 0.15) is 19.8 Å². The van der Waals surface area contributed by atoms with Crippen LogP contribution in [0.4, 0.5) is 5.69 Å². The molecule has 7 heteroatoms. The molecule has 2 rings (SSSR count). The zero-order valence-electron chi connectivity index (χ0n) is 12.9. The number of nitrogens with zero attached hydrogens (tertiary/aromatic N) is 1. The van der Waals surface area contributed by atoms with E-state index < -0.39 is 10.0 Å². The zero-order valence-corrected chi connectivity index (χ0v) is 14.5. The topological polar surface area (TPSA) is 66.5 Å². The van der Waals surface area contributed by atoms with Gasteiger partial charge in [-0.3, -0.25) is 4.79 Å². The summed E-state index contributed by atoms with van der Waals surface area (Å²) in [6, 6.07) is 7.63. The Hall–Kier alpha value is -1.05. The Kier molecular flexibility index (Phi) is 5.88. The lowest BCUT2D eigenvalue weighted by Gasteiger charge is -2.31. The largest absolute Gasteiger partial charge is 0.325 e. The van der Waals surface area contributed by atoms with Crippen LogP contribution in [0.25, 0.3) is 0 Å². The number of piperidine rings is 1. The Morgan fingerprint density at radius 1 is 1.41 bits per heavy atom. The number of benzene rings is 1. The fourth-order valence-electron chi connectivity index (χ4n) is 2.57. The number of sulfonamides is 1. The molecular weight excluding hydrogens is 320 g/mol. The summed E-state index contributed by atoms with van der Waals surface area (Å²) >= 11 is 1.57. The number of para-hydroxylation sites is 1. The van der Waals surface area contributed by atoms with Crippen molar-refractivity contribution in [3.63, 3.8) is 0 Å². The average molecular weight is 342 g/mol. The summed E-state index contributed by atoms with van der Waals surface area (Å²) in [6.07, 6.45) is 3.41. The Balaban J connectivity index is 2.06. The summed E-state index contributed by atoms with van der Waals surface area (Å²) < 4.78 is 25.4. The van der Waals surface area contributed by atoms with Gasteiger partial charge in [-0.1, -0.05) is 12.1 Å². The third-order valence-electron chi connectivity index (χ3n) is 3.88. The van der Waals surface area contributed by atoms with Crippen molar-refractivity contribution in [2.24, 2.45) is 5.92 Å². The maximum Gasteiger partial charge on any atom is 0.228 e. The maximum atomic E-state index is 12.5. The highest BCUT2D eigenvalue weighted by atomic mass is 32.2. The molecule has 1 saturated heterocycles. The van der Waals surface area contributed by atoms with Crippen LogP contribution in [0, 0.1) is 5.92 Å². The molecule has 1 N–H and O–H groups in total. The van der Waals surface area contributed by atoms with E-state index in [1.54, 1.807) is 18.7 Å². The number of hydrogen-bond acceptors (Lipinski definition) is 4. The predicted octanol–water partition coefficient (Wildman–Crippen LogP) is 2.41. The predicted molar refractivity (Wildman–Crippen MR) is 90.6 cm³/mol. The van der Waals surface area contributed by atoms with Crippen molar-refractivity contribution in [3.05, 3.63) is 24.3 Å². The summed E-state index contributed by atoms with van der Waals surface area (Å²) in [4.78, 5) is 13.5. The quantitative estimate of drug-likeness (QED) is 0.835. The second kappa shape index (κ2) is 7.48. The van der Waals surface area contributed by atoms with Crippen LogP contribution in [-0.4, -0.2) is 43.7 Å². The van der Waals surface area contributed by atoms with Crippen LogP contribution < -0.4 is 5.32 Å². The van der Waals surface area contributed by atoms with Gasteiger partial charge in [-0.2, -0.15) is 0 Å². The minimum absolute atomic E-state index is 0.0800. The minimum Gasteiger partial charge on any atom is -0.325 e. The van der Waals surface area contributed by atoms with Crippen LogP contribution >= 0.6 is 11.8 Å². The van der Waals surface area contributed by atoms with Crippen molar-refractivity contribution in [1.82, 2.24) is 4.31 Å². The molecule has 122 valence electrons. The number of hydrogen-bond donors (Lipinski definition) is 1. The lowest BCUT2D eigenvalue weighted by molar-refractivity contribution is -0.120. The first-order chi connectivity index (χ1) is 10.5. The van der Waals surface area contributed by atoms with Gasteiger partial charge in [-0.25, -0.2) is 12.7 Å². The molecule has 0 aromatic heterocycles. The van der Waals surface area contributed by atoms with E-state index in [9.17, 15) is 13.2 Å². The number of carbonyl (C=O) groups excluding carboxylic acids is 1. The first-order valence-electron chi connectivity index (χ1n) is 7.39. The van der Waals surface area contributed by atoms with Crippen molar-refractivity contribution in [3.8, 4) is 0 Å². The van der Waals surface area contributed by atoms with Crippen molar-refractivity contribution < 1.29 is 13.2 Å². The van der Waals surface area contributed by atoms with Gasteiger partial charge in [-0.15, -0.1) is 11.8 Å². The fraction of sp³-hybridized carbons (Fsp3) is 0.533. The van der Waals surface area contributed by atoms with Crippen molar-refractivity contribution >= 4 is 33.4 Å². The number of rotatable bonds is 5. The Morgan fingerprint density at radius 3 is 2.82 bits per heavy atom. The highest BCUT2D eigenvalue weighted by Crippen LogP contribution is 2.26. The van der Waals surface area contributed by atoms with Gasteiger partial charge in [0.1, 0.15) is 0 Å². The van der Waals surface area contributed by atoms with Crippen LogP contribution in [0.15, 0.2) is 29.2 Å². The van der Waals surface area contributed by atoms with Gasteiger partial charge in [0.25, 0.3) is 0 Å². The Labute approximate surface area is 136 Å². The smallest absolute Gasteiger partial charge is 0.228 e. The molecule has 1 amide bonds. The second-order valence-corrected chi connectivity index (χ2v) is 8.39. The molecular formula is C15H22N2O3S2. The van der Waals surface area contributed by atoms with E-state index in [2.05, 4.69) is 5.32 Å². The average Bonchev–Trinajstić information content (AvgIpc) is 2.55. The first-order valence-corrected chi connectivity index (χ1v) is 10.2. The molecule has 0 bridgehead atoms. The molecule has 1 fully saturated rings.